The molecule has 0 radical (unpaired) electrons. The lowest BCUT2D eigenvalue weighted by atomic mass is 9.81. The van der Waals surface area contributed by atoms with Crippen LogP contribution in [0.2, 0.25) is 0 Å². The third-order valence-electron chi connectivity index (χ3n) is 12.4. The van der Waals surface area contributed by atoms with E-state index >= 15 is 0 Å². The van der Waals surface area contributed by atoms with E-state index in [9.17, 15) is 33.6 Å². The van der Waals surface area contributed by atoms with E-state index in [1.165, 1.54) is 4.90 Å². The monoisotopic (exact) mass is 1110 g/mol. The average Bonchev–Trinajstić information content (AvgIpc) is 3.42. The summed E-state index contributed by atoms with van der Waals surface area (Å²) < 4.78 is 32.3. The molecule has 79 heavy (non-hydrogen) atoms. The number of aliphatic imine (C=N–C) groups is 2. The van der Waals surface area contributed by atoms with Gasteiger partial charge in [-0.05, 0) is 207 Å². The van der Waals surface area contributed by atoms with Gasteiger partial charge in [0, 0.05) is 30.2 Å². The van der Waals surface area contributed by atoms with Gasteiger partial charge in [0.2, 0.25) is 5.91 Å². The van der Waals surface area contributed by atoms with Crippen LogP contribution in [0.25, 0.3) is 0 Å². The molecular formula is C60H88FN4O14-. The van der Waals surface area contributed by atoms with Crippen LogP contribution >= 0.6 is 0 Å². The second kappa shape index (κ2) is 40.3. The van der Waals surface area contributed by atoms with Crippen LogP contribution in [0, 0.1) is 23.7 Å². The Morgan fingerprint density at radius 2 is 0.899 bits per heavy atom. The molecule has 3 amide bonds. The number of esters is 4. The number of ether oxygens (including phenoxy) is 6. The number of rotatable bonds is 28. The summed E-state index contributed by atoms with van der Waals surface area (Å²) in [6.07, 6.45) is 13.9. The first-order chi connectivity index (χ1) is 37.2. The van der Waals surface area contributed by atoms with Crippen molar-refractivity contribution in [2.45, 2.75) is 182 Å². The maximum absolute atomic E-state index is 13.1. The molecule has 2 fully saturated rings. The van der Waals surface area contributed by atoms with Gasteiger partial charge in [-0.1, -0.05) is 13.2 Å². The largest absolute Gasteiger partial charge is 1.00 e. The third kappa shape index (κ3) is 30.7. The molecule has 0 spiro atoms. The molecule has 2 aromatic carbocycles. The lowest BCUT2D eigenvalue weighted by Crippen LogP contribution is -3.00. The van der Waals surface area contributed by atoms with Gasteiger partial charge in [0.1, 0.15) is 23.0 Å². The van der Waals surface area contributed by atoms with Crippen molar-refractivity contribution in [3.63, 3.8) is 0 Å². The summed E-state index contributed by atoms with van der Waals surface area (Å²) in [5, 5.41) is 11.8. The molecule has 0 heterocycles. The number of nitrogens with one attached hydrogen (secondary N) is 1. The number of carbonyl (C=O) groups excluding carboxylic acids is 6. The quantitative estimate of drug-likeness (QED) is 0.0267. The van der Waals surface area contributed by atoms with Gasteiger partial charge in [-0.25, -0.2) is 24.4 Å². The molecule has 0 unspecified atom stereocenters. The summed E-state index contributed by atoms with van der Waals surface area (Å²) in [6, 6.07) is 16.5. The van der Waals surface area contributed by atoms with E-state index in [1.54, 1.807) is 48.5 Å². The average molecular weight is 1110 g/mol. The molecule has 19 heteroatoms. The van der Waals surface area contributed by atoms with E-state index in [0.717, 1.165) is 63.5 Å². The van der Waals surface area contributed by atoms with Gasteiger partial charge in [0.15, 0.2) is 0 Å². The highest BCUT2D eigenvalue weighted by atomic mass is 19.0. The van der Waals surface area contributed by atoms with E-state index in [-0.39, 0.29) is 64.3 Å². The number of carboxylic acid groups (broad SMARTS) is 1. The van der Waals surface area contributed by atoms with Crippen LogP contribution in [0.1, 0.15) is 158 Å². The number of carbonyl (C=O) groups is 7. The van der Waals surface area contributed by atoms with Crippen LogP contribution in [-0.2, 0) is 38.2 Å². The molecule has 18 nitrogen and oxygen atoms in total. The number of nitrogens with zero attached hydrogens (tertiary/aromatic N) is 3. The summed E-state index contributed by atoms with van der Waals surface area (Å²) in [7, 11) is 0. The molecule has 2 aliphatic rings. The van der Waals surface area contributed by atoms with Gasteiger partial charge < -0.3 is 43.5 Å². The number of aliphatic carboxylic acids is 1. The second-order valence-electron chi connectivity index (χ2n) is 20.4. The van der Waals surface area contributed by atoms with Crippen LogP contribution in [0.3, 0.4) is 0 Å². The number of imide groups is 1. The number of amides is 3. The van der Waals surface area contributed by atoms with Gasteiger partial charge in [0.05, 0.1) is 62.3 Å². The highest BCUT2D eigenvalue weighted by Gasteiger charge is 2.36. The molecule has 2 aliphatic carbocycles. The van der Waals surface area contributed by atoms with Crippen LogP contribution < -0.4 is 29.0 Å². The number of unbranched alkanes of at least 4 members (excludes halogenated alkanes) is 6. The fourth-order valence-corrected chi connectivity index (χ4v) is 8.08. The molecule has 2 N–H and O–H groups in total. The first kappa shape index (κ1) is 70.1. The van der Waals surface area contributed by atoms with Gasteiger partial charge in [-0.2, -0.15) is 0 Å². The predicted molar refractivity (Wildman–Crippen MR) is 299 cm³/mol. The Labute approximate surface area is 467 Å². The number of benzene rings is 2. The van der Waals surface area contributed by atoms with Crippen LogP contribution in [0.4, 0.5) is 4.79 Å². The molecular weight excluding hydrogens is 1020 g/mol. The maximum atomic E-state index is 13.1. The van der Waals surface area contributed by atoms with Gasteiger partial charge >= 0.3 is 35.9 Å². The fourth-order valence-electron chi connectivity index (χ4n) is 8.08. The maximum Gasteiger partial charge on any atom is 0.330 e. The van der Waals surface area contributed by atoms with E-state index in [4.69, 9.17) is 33.5 Å². The van der Waals surface area contributed by atoms with Gasteiger partial charge in [-0.3, -0.25) is 24.1 Å². The Bertz CT molecular complexity index is 2200. The lowest BCUT2D eigenvalue weighted by Gasteiger charge is -2.32. The van der Waals surface area contributed by atoms with Crippen molar-refractivity contribution in [3.05, 3.63) is 73.8 Å². The van der Waals surface area contributed by atoms with Crippen molar-refractivity contribution >= 4 is 47.8 Å². The van der Waals surface area contributed by atoms with Crippen molar-refractivity contribution in [1.29, 1.82) is 0 Å². The van der Waals surface area contributed by atoms with E-state index in [1.807, 2.05) is 55.4 Å². The fraction of sp³-hybridized carbons (Fsp3) is 0.600. The Balaban J connectivity index is 0.000000690. The molecule has 0 aromatic heterocycles. The molecule has 0 bridgehead atoms. The smallest absolute Gasteiger partial charge is 0.330 e. The van der Waals surface area contributed by atoms with Gasteiger partial charge in [-0.15, -0.1) is 0 Å². The normalized spacial score (nSPS) is 16.4. The zero-order valence-electron chi connectivity index (χ0n) is 47.9. The molecule has 440 valence electrons. The Morgan fingerprint density at radius 1 is 0.557 bits per heavy atom. The zero-order valence-corrected chi connectivity index (χ0v) is 47.9. The number of halogens is 1. The molecule has 0 aliphatic heterocycles. The summed E-state index contributed by atoms with van der Waals surface area (Å²) in [4.78, 5) is 92.6. The minimum Gasteiger partial charge on any atom is -1.00 e. The van der Waals surface area contributed by atoms with Crippen molar-refractivity contribution in [2.24, 2.45) is 33.7 Å². The minimum atomic E-state index is -0.786. The van der Waals surface area contributed by atoms with Crippen LogP contribution in [0.15, 0.2) is 83.8 Å². The van der Waals surface area contributed by atoms with Crippen molar-refractivity contribution in [2.75, 3.05) is 26.4 Å². The van der Waals surface area contributed by atoms with Crippen molar-refractivity contribution in [1.82, 2.24) is 10.2 Å². The van der Waals surface area contributed by atoms with Crippen molar-refractivity contribution in [3.8, 4) is 23.0 Å². The standard InChI is InChI=1S/C30H44N2O7.C23H30O7.C7H14N2.FH/c1-6-27(33)38-20-10-8-7-9-19-37-25-15-17-26(18-16-25)39-29(35)24-13-11-23(12-14-24)28(34)32(22(4)5)30(36)31-21(2)3;1-2-21(24)29-16-6-4-3-5-15-28-19-11-13-20(14-12-19)30-23(27)18-9-7-17(8-10-18)22(25)26;1-6(2)8-5-9-7(3)4;/h6,15-18,21-24H,1,7-14,19-20H2,2-5H3,(H,31,36);2,11-14,17-18H,1,3-10,15-16H2,(H,25,26);6-7H,1-4H3;1H/p-1. The molecule has 4 rings (SSSR count). The Kier molecular flexibility index (Phi) is 35.8. The lowest BCUT2D eigenvalue weighted by molar-refractivity contribution is -0.146. The number of carboxylic acids is 1. The molecule has 0 saturated heterocycles. The minimum absolute atomic E-state index is 0. The van der Waals surface area contributed by atoms with Crippen molar-refractivity contribution < 1.29 is 71.8 Å². The Morgan fingerprint density at radius 3 is 1.23 bits per heavy atom. The first-order valence-electron chi connectivity index (χ1n) is 27.7. The summed E-state index contributed by atoms with van der Waals surface area (Å²) >= 11 is 0. The second-order valence-corrected chi connectivity index (χ2v) is 20.4. The predicted octanol–water partition coefficient (Wildman–Crippen LogP) is 8.55. The summed E-state index contributed by atoms with van der Waals surface area (Å²) in [6.45, 7) is 24.0. The van der Waals surface area contributed by atoms with Gasteiger partial charge in [0.25, 0.3) is 0 Å². The topological polar surface area (TPSA) is 235 Å². The number of urea groups is 1. The SMILES string of the molecule is C=CC(=O)OCCCCCCOc1ccc(OC(=O)C2CCC(C(=O)N(C(=O)NC(C)C)C(C)C)CC2)cc1.C=CC(=O)OCCCCCCOc1ccc(OC(=O)C2CCC(C(=O)O)CC2)cc1.CC(C)N=C=NC(C)C.[F-]. The summed E-state index contributed by atoms with van der Waals surface area (Å²) in [5.41, 5.74) is 0. The van der Waals surface area contributed by atoms with E-state index < -0.39 is 17.9 Å². The van der Waals surface area contributed by atoms with Crippen LogP contribution in [-0.4, -0.2) is 108 Å². The third-order valence-corrected chi connectivity index (χ3v) is 12.4. The zero-order chi connectivity index (χ0) is 57.8. The molecule has 0 atom stereocenters. The highest BCUT2D eigenvalue weighted by Crippen LogP contribution is 2.33. The number of hydrogen-bond donors (Lipinski definition) is 2. The van der Waals surface area contributed by atoms with E-state index in [0.29, 0.717) is 113 Å². The number of hydrogen-bond acceptors (Lipinski definition) is 15. The van der Waals surface area contributed by atoms with E-state index in [2.05, 4.69) is 34.5 Å². The summed E-state index contributed by atoms with van der Waals surface area (Å²) in [5.74, 6) is -1.17. The highest BCUT2D eigenvalue weighted by molar-refractivity contribution is 5.96. The molecule has 2 saturated carbocycles. The van der Waals surface area contributed by atoms with Crippen LogP contribution in [0.5, 0.6) is 23.0 Å². The first-order valence-corrected chi connectivity index (χ1v) is 27.7. The Hall–Kier alpha value is -6.88. The molecule has 2 aromatic rings.